The van der Waals surface area contributed by atoms with Crippen LogP contribution in [-0.2, 0) is 5.41 Å². The van der Waals surface area contributed by atoms with Crippen molar-refractivity contribution in [3.05, 3.63) is 94.5 Å². The van der Waals surface area contributed by atoms with Gasteiger partial charge in [0, 0.05) is 5.56 Å². The summed E-state index contributed by atoms with van der Waals surface area (Å²) in [4.78, 5) is 24.8. The van der Waals surface area contributed by atoms with Gasteiger partial charge in [-0.15, -0.1) is 0 Å². The molecule has 1 N–H and O–H groups in total. The Hall–Kier alpha value is -3.93. The van der Waals surface area contributed by atoms with Gasteiger partial charge in [-0.25, -0.2) is 10.2 Å². The molecule has 0 atom stereocenters. The van der Waals surface area contributed by atoms with E-state index >= 15 is 0 Å². The third-order valence-corrected chi connectivity index (χ3v) is 5.15. The van der Waals surface area contributed by atoms with Gasteiger partial charge in [-0.3, -0.25) is 4.79 Å². The number of rotatable bonds is 6. The van der Waals surface area contributed by atoms with Crippen molar-refractivity contribution in [2.24, 2.45) is 5.10 Å². The van der Waals surface area contributed by atoms with Gasteiger partial charge in [0.25, 0.3) is 5.91 Å². The average Bonchev–Trinajstić information content (AvgIpc) is 2.79. The summed E-state index contributed by atoms with van der Waals surface area (Å²) < 4.78 is 10.9. The van der Waals surface area contributed by atoms with Gasteiger partial charge in [-0.1, -0.05) is 51.1 Å². The molecule has 0 saturated carbocycles. The normalized spacial score (nSPS) is 11.3. The highest BCUT2D eigenvalue weighted by molar-refractivity contribution is 5.96. The fraction of sp³-hybridized carbons (Fsp3) is 0.222. The van der Waals surface area contributed by atoms with E-state index in [9.17, 15) is 9.59 Å². The first-order chi connectivity index (χ1) is 15.7. The quantitative estimate of drug-likeness (QED) is 0.243. The second-order valence-electron chi connectivity index (χ2n) is 8.64. The number of ether oxygens (including phenoxy) is 2. The van der Waals surface area contributed by atoms with Gasteiger partial charge in [-0.2, -0.15) is 5.10 Å². The molecular weight excluding hydrogens is 416 g/mol. The summed E-state index contributed by atoms with van der Waals surface area (Å²) >= 11 is 0. The van der Waals surface area contributed by atoms with Crippen LogP contribution in [0.15, 0.2) is 71.8 Å². The first kappa shape index (κ1) is 23.7. The summed E-state index contributed by atoms with van der Waals surface area (Å²) in [5.74, 6) is -0.0904. The van der Waals surface area contributed by atoms with Crippen LogP contribution in [0.5, 0.6) is 11.5 Å². The summed E-state index contributed by atoms with van der Waals surface area (Å²) in [6.07, 6.45) is 1.50. The van der Waals surface area contributed by atoms with Crippen molar-refractivity contribution in [1.29, 1.82) is 0 Å². The first-order valence-corrected chi connectivity index (χ1v) is 10.6. The van der Waals surface area contributed by atoms with E-state index in [1.807, 2.05) is 31.2 Å². The van der Waals surface area contributed by atoms with Crippen LogP contribution >= 0.6 is 0 Å². The maximum absolute atomic E-state index is 12.6. The molecule has 6 nitrogen and oxygen atoms in total. The molecular formula is C27H28N2O4. The van der Waals surface area contributed by atoms with Gasteiger partial charge in [0.15, 0.2) is 11.5 Å². The van der Waals surface area contributed by atoms with Crippen LogP contribution < -0.4 is 14.9 Å². The molecule has 1 amide bonds. The summed E-state index contributed by atoms with van der Waals surface area (Å²) in [5, 5.41) is 4.01. The van der Waals surface area contributed by atoms with Crippen molar-refractivity contribution < 1.29 is 19.1 Å². The third-order valence-electron chi connectivity index (χ3n) is 5.15. The van der Waals surface area contributed by atoms with E-state index in [-0.39, 0.29) is 11.3 Å². The number of nitrogens with zero attached hydrogens (tertiary/aromatic N) is 1. The van der Waals surface area contributed by atoms with Crippen molar-refractivity contribution in [3.8, 4) is 11.5 Å². The number of aryl methyl sites for hydroxylation is 1. The number of amides is 1. The molecule has 3 aromatic rings. The minimum atomic E-state index is -0.472. The maximum Gasteiger partial charge on any atom is 0.343 e. The fourth-order valence-electron chi connectivity index (χ4n) is 3.17. The molecule has 33 heavy (non-hydrogen) atoms. The summed E-state index contributed by atoms with van der Waals surface area (Å²) in [6, 6.07) is 19.7. The highest BCUT2D eigenvalue weighted by Crippen LogP contribution is 2.29. The van der Waals surface area contributed by atoms with E-state index in [1.54, 1.807) is 42.5 Å². The Morgan fingerprint density at radius 3 is 2.27 bits per heavy atom. The molecule has 0 spiro atoms. The SMILES string of the molecule is COc1cc(/C=N/NC(=O)c2ccccc2C)ccc1OC(=O)c1ccc(C(C)(C)C)cc1. The van der Waals surface area contributed by atoms with Crippen LogP contribution in [0.4, 0.5) is 0 Å². The number of esters is 1. The predicted molar refractivity (Wildman–Crippen MR) is 129 cm³/mol. The van der Waals surface area contributed by atoms with Crippen LogP contribution in [0.2, 0.25) is 0 Å². The number of nitrogens with one attached hydrogen (secondary N) is 1. The van der Waals surface area contributed by atoms with Crippen LogP contribution in [0.3, 0.4) is 0 Å². The summed E-state index contributed by atoms with van der Waals surface area (Å²) in [5.41, 5.74) is 6.20. The van der Waals surface area contributed by atoms with E-state index < -0.39 is 5.97 Å². The molecule has 0 bridgehead atoms. The highest BCUT2D eigenvalue weighted by Gasteiger charge is 2.16. The van der Waals surface area contributed by atoms with E-state index in [1.165, 1.54) is 13.3 Å². The topological polar surface area (TPSA) is 77.0 Å². The molecule has 0 saturated heterocycles. The standard InChI is InChI=1S/C27H28N2O4/c1-18-8-6-7-9-22(18)25(30)29-28-17-19-10-15-23(24(16-19)32-5)33-26(31)20-11-13-21(14-12-20)27(2,3)4/h6-17H,1-5H3,(H,29,30)/b28-17+. The van der Waals surface area contributed by atoms with Crippen molar-refractivity contribution in [1.82, 2.24) is 5.43 Å². The lowest BCUT2D eigenvalue weighted by Gasteiger charge is -2.19. The molecule has 6 heteroatoms. The number of hydrogen-bond acceptors (Lipinski definition) is 5. The second kappa shape index (κ2) is 10.1. The van der Waals surface area contributed by atoms with Gasteiger partial charge in [0.2, 0.25) is 0 Å². The monoisotopic (exact) mass is 444 g/mol. The number of carbonyl (C=O) groups is 2. The zero-order valence-corrected chi connectivity index (χ0v) is 19.5. The summed E-state index contributed by atoms with van der Waals surface area (Å²) in [7, 11) is 1.49. The van der Waals surface area contributed by atoms with Gasteiger partial charge in [0.05, 0.1) is 18.9 Å². The molecule has 0 aliphatic heterocycles. The molecule has 0 aliphatic rings. The smallest absolute Gasteiger partial charge is 0.343 e. The minimum Gasteiger partial charge on any atom is -0.493 e. The Bertz CT molecular complexity index is 1180. The van der Waals surface area contributed by atoms with Crippen LogP contribution in [0.1, 0.15) is 58.2 Å². The lowest BCUT2D eigenvalue weighted by Crippen LogP contribution is -2.18. The highest BCUT2D eigenvalue weighted by atomic mass is 16.6. The van der Waals surface area contributed by atoms with Gasteiger partial charge in [0.1, 0.15) is 0 Å². The number of hydrogen-bond donors (Lipinski definition) is 1. The Morgan fingerprint density at radius 1 is 0.939 bits per heavy atom. The second-order valence-corrected chi connectivity index (χ2v) is 8.64. The Balaban J connectivity index is 1.68. The first-order valence-electron chi connectivity index (χ1n) is 10.6. The molecule has 0 unspecified atom stereocenters. The molecule has 0 radical (unpaired) electrons. The Morgan fingerprint density at radius 2 is 1.64 bits per heavy atom. The molecule has 0 aliphatic carbocycles. The number of hydrazone groups is 1. The zero-order valence-electron chi connectivity index (χ0n) is 19.5. The van der Waals surface area contributed by atoms with Crippen molar-refractivity contribution >= 4 is 18.1 Å². The van der Waals surface area contributed by atoms with E-state index in [4.69, 9.17) is 9.47 Å². The maximum atomic E-state index is 12.6. The summed E-state index contributed by atoms with van der Waals surface area (Å²) in [6.45, 7) is 8.21. The largest absolute Gasteiger partial charge is 0.493 e. The van der Waals surface area contributed by atoms with Crippen LogP contribution in [0, 0.1) is 6.92 Å². The fourth-order valence-corrected chi connectivity index (χ4v) is 3.17. The molecule has 0 aromatic heterocycles. The van der Waals surface area contributed by atoms with Gasteiger partial charge < -0.3 is 9.47 Å². The van der Waals surface area contributed by atoms with Gasteiger partial charge >= 0.3 is 5.97 Å². The van der Waals surface area contributed by atoms with Crippen LogP contribution in [0.25, 0.3) is 0 Å². The van der Waals surface area contributed by atoms with E-state index in [0.29, 0.717) is 28.2 Å². The van der Waals surface area contributed by atoms with Crippen LogP contribution in [-0.4, -0.2) is 25.2 Å². The van der Waals surface area contributed by atoms with Crippen molar-refractivity contribution in [2.75, 3.05) is 7.11 Å². The molecule has 3 aromatic carbocycles. The van der Waals surface area contributed by atoms with Crippen molar-refractivity contribution in [3.63, 3.8) is 0 Å². The Kier molecular flexibility index (Phi) is 7.28. The lowest BCUT2D eigenvalue weighted by atomic mass is 9.87. The minimum absolute atomic E-state index is 0.00241. The van der Waals surface area contributed by atoms with E-state index in [0.717, 1.165) is 11.1 Å². The van der Waals surface area contributed by atoms with E-state index in [2.05, 4.69) is 31.3 Å². The molecule has 0 fully saturated rings. The molecule has 170 valence electrons. The Labute approximate surface area is 194 Å². The average molecular weight is 445 g/mol. The van der Waals surface area contributed by atoms with Crippen molar-refractivity contribution in [2.45, 2.75) is 33.1 Å². The third kappa shape index (κ3) is 6.07. The number of carbonyl (C=O) groups excluding carboxylic acids is 2. The molecule has 3 rings (SSSR count). The number of methoxy groups -OCH3 is 1. The lowest BCUT2D eigenvalue weighted by molar-refractivity contribution is 0.0729. The van der Waals surface area contributed by atoms with Gasteiger partial charge in [-0.05, 0) is 65.4 Å². The predicted octanol–water partition coefficient (Wildman–Crippen LogP) is 5.28. The molecule has 0 heterocycles. The zero-order chi connectivity index (χ0) is 24.0. The number of benzene rings is 3.